The first-order valence-electron chi connectivity index (χ1n) is 6.62. The molecular formula is C15H17NO3. The van der Waals surface area contributed by atoms with Gasteiger partial charge in [0.25, 0.3) is 0 Å². The molecule has 4 heteroatoms. The van der Waals surface area contributed by atoms with Crippen molar-refractivity contribution in [2.45, 2.75) is 19.1 Å². The smallest absolute Gasteiger partial charge is 0.160 e. The fraction of sp³-hybridized carbons (Fsp3) is 0.400. The summed E-state index contributed by atoms with van der Waals surface area (Å²) in [4.78, 5) is 4.31. The van der Waals surface area contributed by atoms with Crippen LogP contribution in [0.3, 0.4) is 0 Å². The van der Waals surface area contributed by atoms with Gasteiger partial charge < -0.3 is 14.2 Å². The lowest BCUT2D eigenvalue weighted by Crippen LogP contribution is -2.26. The molecule has 19 heavy (non-hydrogen) atoms. The third-order valence-electron chi connectivity index (χ3n) is 3.10. The Morgan fingerprint density at radius 1 is 1.21 bits per heavy atom. The van der Waals surface area contributed by atoms with Crippen molar-refractivity contribution in [2.24, 2.45) is 0 Å². The number of nitrogens with zero attached hydrogens (tertiary/aromatic N) is 1. The van der Waals surface area contributed by atoms with Crippen molar-refractivity contribution >= 4 is 10.9 Å². The highest BCUT2D eigenvalue weighted by Gasteiger charge is 2.13. The standard InChI is InChI=1S/C15H17NO3/c1-3-12-4-5-13(11-14(12)16-7-1)17-10-6-15-18-8-2-9-19-15/h1,3-5,7,11,15H,2,6,8-10H2. The molecule has 0 unspecified atom stereocenters. The van der Waals surface area contributed by atoms with Gasteiger partial charge in [0.1, 0.15) is 5.75 Å². The van der Waals surface area contributed by atoms with Crippen molar-refractivity contribution in [1.82, 2.24) is 4.98 Å². The van der Waals surface area contributed by atoms with Crippen molar-refractivity contribution in [3.05, 3.63) is 36.5 Å². The van der Waals surface area contributed by atoms with E-state index in [-0.39, 0.29) is 6.29 Å². The third-order valence-corrected chi connectivity index (χ3v) is 3.10. The topological polar surface area (TPSA) is 40.6 Å². The highest BCUT2D eigenvalue weighted by atomic mass is 16.7. The van der Waals surface area contributed by atoms with Gasteiger partial charge in [0, 0.05) is 24.1 Å². The lowest BCUT2D eigenvalue weighted by atomic mass is 10.2. The molecule has 0 N–H and O–H groups in total. The summed E-state index contributed by atoms with van der Waals surface area (Å²) >= 11 is 0. The van der Waals surface area contributed by atoms with Gasteiger partial charge in [-0.15, -0.1) is 0 Å². The van der Waals surface area contributed by atoms with Crippen LogP contribution in [0, 0.1) is 0 Å². The zero-order chi connectivity index (χ0) is 12.9. The van der Waals surface area contributed by atoms with Gasteiger partial charge in [-0.1, -0.05) is 6.07 Å². The molecule has 1 aliphatic heterocycles. The Bertz CT molecular complexity index is 538. The van der Waals surface area contributed by atoms with Crippen LogP contribution in [0.4, 0.5) is 0 Å². The van der Waals surface area contributed by atoms with Crippen LogP contribution in [0.25, 0.3) is 10.9 Å². The van der Waals surface area contributed by atoms with E-state index >= 15 is 0 Å². The maximum atomic E-state index is 5.72. The zero-order valence-electron chi connectivity index (χ0n) is 10.7. The fourth-order valence-electron chi connectivity index (χ4n) is 2.11. The van der Waals surface area contributed by atoms with Crippen molar-refractivity contribution in [3.63, 3.8) is 0 Å². The van der Waals surface area contributed by atoms with E-state index in [1.807, 2.05) is 30.3 Å². The van der Waals surface area contributed by atoms with Gasteiger partial charge >= 0.3 is 0 Å². The summed E-state index contributed by atoms with van der Waals surface area (Å²) < 4.78 is 16.7. The van der Waals surface area contributed by atoms with Crippen molar-refractivity contribution in [3.8, 4) is 5.75 Å². The first-order valence-corrected chi connectivity index (χ1v) is 6.62. The van der Waals surface area contributed by atoms with Crippen LogP contribution in [-0.4, -0.2) is 31.1 Å². The summed E-state index contributed by atoms with van der Waals surface area (Å²) in [7, 11) is 0. The summed E-state index contributed by atoms with van der Waals surface area (Å²) in [5.74, 6) is 0.835. The van der Waals surface area contributed by atoms with Crippen LogP contribution in [0.2, 0.25) is 0 Å². The van der Waals surface area contributed by atoms with Crippen LogP contribution in [0.15, 0.2) is 36.5 Å². The Morgan fingerprint density at radius 2 is 2.11 bits per heavy atom. The molecule has 100 valence electrons. The van der Waals surface area contributed by atoms with Crippen molar-refractivity contribution < 1.29 is 14.2 Å². The van der Waals surface area contributed by atoms with Crippen LogP contribution in [-0.2, 0) is 9.47 Å². The van der Waals surface area contributed by atoms with Gasteiger partial charge in [0.05, 0.1) is 25.3 Å². The molecular weight excluding hydrogens is 242 g/mol. The first-order chi connectivity index (χ1) is 9.42. The highest BCUT2D eigenvalue weighted by Crippen LogP contribution is 2.19. The van der Waals surface area contributed by atoms with Crippen LogP contribution in [0.1, 0.15) is 12.8 Å². The fourth-order valence-corrected chi connectivity index (χ4v) is 2.11. The number of aromatic nitrogens is 1. The minimum atomic E-state index is -0.118. The number of rotatable bonds is 4. The molecule has 0 radical (unpaired) electrons. The van der Waals surface area contributed by atoms with E-state index in [1.54, 1.807) is 6.20 Å². The van der Waals surface area contributed by atoms with Crippen LogP contribution in [0.5, 0.6) is 5.75 Å². The van der Waals surface area contributed by atoms with Crippen molar-refractivity contribution in [2.75, 3.05) is 19.8 Å². The molecule has 0 atom stereocenters. The molecule has 0 spiro atoms. The monoisotopic (exact) mass is 259 g/mol. The number of hydrogen-bond acceptors (Lipinski definition) is 4. The van der Waals surface area contributed by atoms with E-state index in [1.165, 1.54) is 0 Å². The summed E-state index contributed by atoms with van der Waals surface area (Å²) in [6.07, 6.45) is 3.40. The van der Waals surface area contributed by atoms with Gasteiger partial charge in [-0.05, 0) is 24.6 Å². The van der Waals surface area contributed by atoms with E-state index in [0.717, 1.165) is 42.7 Å². The molecule has 1 aliphatic rings. The minimum absolute atomic E-state index is 0.118. The molecule has 1 saturated heterocycles. The second-order valence-electron chi connectivity index (χ2n) is 4.52. The van der Waals surface area contributed by atoms with E-state index in [2.05, 4.69) is 4.98 Å². The second kappa shape index (κ2) is 5.99. The number of benzene rings is 1. The number of fused-ring (bicyclic) bond motifs is 1. The number of pyridine rings is 1. The molecule has 0 amide bonds. The summed E-state index contributed by atoms with van der Waals surface area (Å²) in [5.41, 5.74) is 0.949. The molecule has 0 saturated carbocycles. The van der Waals surface area contributed by atoms with E-state index in [0.29, 0.717) is 6.61 Å². The largest absolute Gasteiger partial charge is 0.493 e. The van der Waals surface area contributed by atoms with Gasteiger partial charge in [-0.3, -0.25) is 4.98 Å². The van der Waals surface area contributed by atoms with Gasteiger partial charge in [0.2, 0.25) is 0 Å². The van der Waals surface area contributed by atoms with Gasteiger partial charge in [-0.2, -0.15) is 0 Å². The summed E-state index contributed by atoms with van der Waals surface area (Å²) in [6.45, 7) is 2.15. The quantitative estimate of drug-likeness (QED) is 0.846. The second-order valence-corrected chi connectivity index (χ2v) is 4.52. The highest BCUT2D eigenvalue weighted by molar-refractivity contribution is 5.79. The molecule has 2 aromatic rings. The molecule has 3 rings (SSSR count). The maximum Gasteiger partial charge on any atom is 0.160 e. The van der Waals surface area contributed by atoms with E-state index < -0.39 is 0 Å². The molecule has 1 fully saturated rings. The lowest BCUT2D eigenvalue weighted by molar-refractivity contribution is -0.183. The average molecular weight is 259 g/mol. The Morgan fingerprint density at radius 3 is 3.00 bits per heavy atom. The van der Waals surface area contributed by atoms with Gasteiger partial charge in [-0.25, -0.2) is 0 Å². The Kier molecular flexibility index (Phi) is 3.91. The SMILES string of the molecule is c1cnc2cc(OCCC3OCCCO3)ccc2c1. The number of hydrogen-bond donors (Lipinski definition) is 0. The predicted octanol–water partition coefficient (Wildman–Crippen LogP) is 2.77. The lowest BCUT2D eigenvalue weighted by Gasteiger charge is -2.23. The minimum Gasteiger partial charge on any atom is -0.493 e. The molecule has 1 aromatic carbocycles. The van der Waals surface area contributed by atoms with Crippen molar-refractivity contribution in [1.29, 1.82) is 0 Å². The molecule has 0 bridgehead atoms. The van der Waals surface area contributed by atoms with Gasteiger partial charge in [0.15, 0.2) is 6.29 Å². The Labute approximate surface area is 112 Å². The molecule has 2 heterocycles. The van der Waals surface area contributed by atoms with Crippen LogP contribution < -0.4 is 4.74 Å². The van der Waals surface area contributed by atoms with E-state index in [4.69, 9.17) is 14.2 Å². The third kappa shape index (κ3) is 3.22. The summed E-state index contributed by atoms with van der Waals surface area (Å²) in [5, 5.41) is 1.12. The molecule has 0 aliphatic carbocycles. The molecule has 1 aromatic heterocycles. The molecule has 4 nitrogen and oxygen atoms in total. The normalized spacial score (nSPS) is 16.6. The Balaban J connectivity index is 1.56. The van der Waals surface area contributed by atoms with E-state index in [9.17, 15) is 0 Å². The van der Waals surface area contributed by atoms with Crippen LogP contribution >= 0.6 is 0 Å². The Hall–Kier alpha value is -1.65. The first kappa shape index (κ1) is 12.4. The maximum absolute atomic E-state index is 5.72. The predicted molar refractivity (Wildman–Crippen MR) is 72.2 cm³/mol. The average Bonchev–Trinajstić information content (AvgIpc) is 2.48. The summed E-state index contributed by atoms with van der Waals surface area (Å²) in [6, 6.07) is 9.91. The zero-order valence-corrected chi connectivity index (χ0v) is 10.7. The number of ether oxygens (including phenoxy) is 3.